The summed E-state index contributed by atoms with van der Waals surface area (Å²) in [5.41, 5.74) is 2.92. The van der Waals surface area contributed by atoms with E-state index in [4.69, 9.17) is 0 Å². The van der Waals surface area contributed by atoms with Gasteiger partial charge in [-0.15, -0.1) is 5.10 Å². The van der Waals surface area contributed by atoms with Crippen molar-refractivity contribution in [3.63, 3.8) is 0 Å². The van der Waals surface area contributed by atoms with E-state index >= 15 is 0 Å². The van der Waals surface area contributed by atoms with Crippen LogP contribution in [0.1, 0.15) is 64.3 Å². The third-order valence-electron chi connectivity index (χ3n) is 7.61. The summed E-state index contributed by atoms with van der Waals surface area (Å²) < 4.78 is 27.5. The zero-order chi connectivity index (χ0) is 33.4. The van der Waals surface area contributed by atoms with Gasteiger partial charge in [-0.2, -0.15) is 0 Å². The van der Waals surface area contributed by atoms with E-state index in [0.717, 1.165) is 33.8 Å². The van der Waals surface area contributed by atoms with Crippen LogP contribution in [0, 0.1) is 5.92 Å². The maximum Gasteiger partial charge on any atom is 0.251 e. The molecule has 0 radical (unpaired) electrons. The zero-order valence-corrected chi connectivity index (χ0v) is 27.6. The van der Waals surface area contributed by atoms with Gasteiger partial charge in [0.25, 0.3) is 11.8 Å². The van der Waals surface area contributed by atoms with Gasteiger partial charge in [0.15, 0.2) is 0 Å². The second kappa shape index (κ2) is 15.2. The lowest BCUT2D eigenvalue weighted by Gasteiger charge is -2.25. The van der Waals surface area contributed by atoms with E-state index in [-0.39, 0.29) is 29.4 Å². The van der Waals surface area contributed by atoms with Gasteiger partial charge in [0.05, 0.1) is 42.4 Å². The third-order valence-corrected chi connectivity index (χ3v) is 8.81. The highest BCUT2D eigenvalue weighted by molar-refractivity contribution is 7.92. The first-order valence-corrected chi connectivity index (χ1v) is 17.0. The van der Waals surface area contributed by atoms with Gasteiger partial charge >= 0.3 is 0 Å². The number of nitrogens with zero attached hydrogens (tertiary/aromatic N) is 4. The molecule has 4 aromatic rings. The topological polar surface area (TPSA) is 147 Å². The highest BCUT2D eigenvalue weighted by Crippen LogP contribution is 2.22. The van der Waals surface area contributed by atoms with E-state index in [9.17, 15) is 23.1 Å². The Morgan fingerprint density at radius 2 is 1.48 bits per heavy atom. The summed E-state index contributed by atoms with van der Waals surface area (Å²) in [5, 5.41) is 25.6. The lowest BCUT2D eigenvalue weighted by molar-refractivity contribution is 0.0779. The number of hydrogen-bond acceptors (Lipinski definition) is 7. The number of benzene rings is 3. The Kier molecular flexibility index (Phi) is 11.3. The van der Waals surface area contributed by atoms with Gasteiger partial charge < -0.3 is 15.7 Å². The fraction of sp³-hybridized carbons (Fsp3) is 0.353. The van der Waals surface area contributed by atoms with Crippen LogP contribution in [0.15, 0.2) is 85.1 Å². The van der Waals surface area contributed by atoms with E-state index in [1.165, 1.54) is 25.2 Å². The highest BCUT2D eigenvalue weighted by atomic mass is 32.2. The molecule has 0 aliphatic heterocycles. The molecule has 0 aliphatic rings. The SMILES string of the molecule is CC(C)Cc1cn(C[C@H](O)[C@H](Cc2ccccc2)NC(=O)c2cc(C(=O)N[C@H](C)c3ccccc3)cc(N(C)S(C)(=O)=O)c2)nn1. The number of aromatic nitrogens is 3. The predicted octanol–water partition coefficient (Wildman–Crippen LogP) is 3.77. The number of carbonyl (C=O) groups excluding carboxylic acids is 2. The maximum absolute atomic E-state index is 13.8. The molecule has 4 rings (SSSR count). The molecule has 12 heteroatoms. The molecule has 46 heavy (non-hydrogen) atoms. The highest BCUT2D eigenvalue weighted by Gasteiger charge is 2.26. The summed E-state index contributed by atoms with van der Waals surface area (Å²) >= 11 is 0. The van der Waals surface area contributed by atoms with Gasteiger partial charge in [0.1, 0.15) is 0 Å². The largest absolute Gasteiger partial charge is 0.389 e. The van der Waals surface area contributed by atoms with E-state index < -0.39 is 34.0 Å². The Bertz CT molecular complexity index is 1730. The van der Waals surface area contributed by atoms with Crippen molar-refractivity contribution in [2.75, 3.05) is 17.6 Å². The molecule has 244 valence electrons. The Labute approximate surface area is 270 Å². The summed E-state index contributed by atoms with van der Waals surface area (Å²) in [6.07, 6.45) is 2.84. The Hall–Kier alpha value is -4.55. The van der Waals surface area contributed by atoms with Gasteiger partial charge in [-0.25, -0.2) is 13.1 Å². The standard InChI is InChI=1S/C34H42N6O5S/c1-23(2)16-29-21-40(38-37-29)22-32(41)31(17-25-12-8-6-9-13-25)36-34(43)28-18-27(19-30(20-28)39(4)46(5,44)45)33(42)35-24(3)26-14-10-7-11-15-26/h6-15,18-21,23-24,31-32,41H,16-17,22H2,1-5H3,(H,35,42)(H,36,43)/t24-,31+,32+/m1/s1. The molecule has 0 aliphatic carbocycles. The lowest BCUT2D eigenvalue weighted by atomic mass is 10.00. The average Bonchev–Trinajstić information content (AvgIpc) is 3.46. The molecule has 0 saturated heterocycles. The van der Waals surface area contributed by atoms with Crippen LogP contribution in [-0.4, -0.2) is 65.8 Å². The van der Waals surface area contributed by atoms with Gasteiger partial charge in [-0.05, 0) is 55.0 Å². The van der Waals surface area contributed by atoms with Crippen LogP contribution in [0.25, 0.3) is 0 Å². The first-order valence-electron chi connectivity index (χ1n) is 15.2. The number of carbonyl (C=O) groups is 2. The molecule has 2 amide bonds. The molecule has 0 unspecified atom stereocenters. The molecule has 0 spiro atoms. The van der Waals surface area contributed by atoms with Crippen molar-refractivity contribution >= 4 is 27.5 Å². The fourth-order valence-corrected chi connectivity index (χ4v) is 5.50. The number of hydrogen-bond donors (Lipinski definition) is 3. The minimum Gasteiger partial charge on any atom is -0.389 e. The number of amides is 2. The fourth-order valence-electron chi connectivity index (χ4n) is 5.01. The molecule has 3 aromatic carbocycles. The van der Waals surface area contributed by atoms with E-state index in [1.54, 1.807) is 10.9 Å². The number of sulfonamides is 1. The van der Waals surface area contributed by atoms with Crippen molar-refractivity contribution in [3.8, 4) is 0 Å². The normalized spacial score (nSPS) is 13.5. The van der Waals surface area contributed by atoms with Gasteiger partial charge in [0.2, 0.25) is 10.0 Å². The van der Waals surface area contributed by atoms with Gasteiger partial charge in [-0.3, -0.25) is 13.9 Å². The first kappa shape index (κ1) is 34.3. The average molecular weight is 647 g/mol. The van der Waals surface area contributed by atoms with Crippen molar-refractivity contribution in [1.29, 1.82) is 0 Å². The van der Waals surface area contributed by atoms with Crippen LogP contribution in [0.5, 0.6) is 0 Å². The smallest absolute Gasteiger partial charge is 0.251 e. The second-order valence-electron chi connectivity index (χ2n) is 12.0. The Morgan fingerprint density at radius 3 is 2.07 bits per heavy atom. The van der Waals surface area contributed by atoms with Crippen molar-refractivity contribution in [1.82, 2.24) is 25.6 Å². The van der Waals surface area contributed by atoms with Crippen LogP contribution in [0.2, 0.25) is 0 Å². The van der Waals surface area contributed by atoms with Crippen molar-refractivity contribution in [3.05, 3.63) is 113 Å². The molecular weight excluding hydrogens is 604 g/mol. The first-order chi connectivity index (χ1) is 21.8. The Morgan fingerprint density at radius 1 is 0.891 bits per heavy atom. The van der Waals surface area contributed by atoms with Crippen LogP contribution in [0.4, 0.5) is 5.69 Å². The lowest BCUT2D eigenvalue weighted by Crippen LogP contribution is -2.46. The molecule has 0 fully saturated rings. The molecule has 11 nitrogen and oxygen atoms in total. The molecule has 1 heterocycles. The summed E-state index contributed by atoms with van der Waals surface area (Å²) in [7, 11) is -2.35. The van der Waals surface area contributed by atoms with E-state index in [1.807, 2.05) is 67.6 Å². The van der Waals surface area contributed by atoms with Crippen LogP contribution < -0.4 is 14.9 Å². The monoisotopic (exact) mass is 646 g/mol. The molecular formula is C34H42N6O5S. The van der Waals surface area contributed by atoms with Crippen molar-refractivity contribution in [2.24, 2.45) is 5.92 Å². The number of anilines is 1. The van der Waals surface area contributed by atoms with Gasteiger partial charge in [0, 0.05) is 24.4 Å². The summed E-state index contributed by atoms with van der Waals surface area (Å²) in [6, 6.07) is 22.0. The van der Waals surface area contributed by atoms with Crippen molar-refractivity contribution < 1.29 is 23.1 Å². The quantitative estimate of drug-likeness (QED) is 0.189. The van der Waals surface area contributed by atoms with E-state index in [0.29, 0.717) is 12.3 Å². The van der Waals surface area contributed by atoms with Gasteiger partial charge in [-0.1, -0.05) is 79.7 Å². The Balaban J connectivity index is 1.63. The maximum atomic E-state index is 13.8. The van der Waals surface area contributed by atoms with Crippen LogP contribution >= 0.6 is 0 Å². The minimum atomic E-state index is -3.71. The molecule has 3 N–H and O–H groups in total. The molecule has 3 atom stereocenters. The molecule has 0 bridgehead atoms. The molecule has 1 aromatic heterocycles. The number of aliphatic hydroxyl groups is 1. The number of nitrogens with one attached hydrogen (secondary N) is 2. The van der Waals surface area contributed by atoms with Crippen LogP contribution in [0.3, 0.4) is 0 Å². The van der Waals surface area contributed by atoms with Crippen molar-refractivity contribution in [2.45, 2.75) is 58.3 Å². The number of aliphatic hydroxyl groups excluding tert-OH is 1. The van der Waals surface area contributed by atoms with Crippen LogP contribution in [-0.2, 0) is 29.4 Å². The third kappa shape index (κ3) is 9.48. The number of rotatable bonds is 14. The predicted molar refractivity (Wildman–Crippen MR) is 178 cm³/mol. The van der Waals surface area contributed by atoms with E-state index in [2.05, 4.69) is 34.8 Å². The minimum absolute atomic E-state index is 0.0655. The second-order valence-corrected chi connectivity index (χ2v) is 14.0. The summed E-state index contributed by atoms with van der Waals surface area (Å²) in [6.45, 7) is 6.09. The molecule has 0 saturated carbocycles. The summed E-state index contributed by atoms with van der Waals surface area (Å²) in [5.74, 6) is -0.655. The summed E-state index contributed by atoms with van der Waals surface area (Å²) in [4.78, 5) is 27.2. The zero-order valence-electron chi connectivity index (χ0n) is 26.8.